The number of anilines is 1. The van der Waals surface area contributed by atoms with E-state index in [4.69, 9.17) is 32.1 Å². The van der Waals surface area contributed by atoms with Crippen LogP contribution in [0.1, 0.15) is 19.7 Å². The number of thioether (sulfide) groups is 1. The van der Waals surface area contributed by atoms with Crippen LogP contribution in [0.15, 0.2) is 16.4 Å². The Kier molecular flexibility index (Phi) is 9.74. The Balaban J connectivity index is 0.000000673. The molecule has 3 rings (SSSR count). The van der Waals surface area contributed by atoms with E-state index in [0.717, 1.165) is 16.4 Å². The number of carboxylic acids is 3. The van der Waals surface area contributed by atoms with Gasteiger partial charge in [-0.25, -0.2) is 14.4 Å². The van der Waals surface area contributed by atoms with Crippen LogP contribution in [0.4, 0.5) is 18.3 Å². The predicted octanol–water partition coefficient (Wildman–Crippen LogP) is 0.315. The molecule has 21 heteroatoms. The van der Waals surface area contributed by atoms with Gasteiger partial charge in [-0.2, -0.15) is 22.5 Å². The van der Waals surface area contributed by atoms with E-state index in [1.165, 1.54) is 25.6 Å². The van der Waals surface area contributed by atoms with Crippen molar-refractivity contribution in [3.05, 3.63) is 17.1 Å². The average Bonchev–Trinajstić information content (AvgIpc) is 3.26. The number of fused-ring (bicyclic) bond motifs is 1. The van der Waals surface area contributed by atoms with Gasteiger partial charge in [0, 0.05) is 23.2 Å². The van der Waals surface area contributed by atoms with Crippen molar-refractivity contribution in [2.24, 2.45) is 5.16 Å². The number of hydrogen-bond donors (Lipinski definition) is 5. The van der Waals surface area contributed by atoms with Crippen molar-refractivity contribution < 1.29 is 57.3 Å². The molecule has 214 valence electrons. The molecule has 0 bridgehead atoms. The molecule has 2 atom stereocenters. The molecule has 1 fully saturated rings. The van der Waals surface area contributed by atoms with E-state index >= 15 is 0 Å². The Morgan fingerprint density at radius 2 is 1.82 bits per heavy atom. The summed E-state index contributed by atoms with van der Waals surface area (Å²) >= 11 is 7.81. The number of amides is 2. The minimum absolute atomic E-state index is 0.0246. The molecule has 0 aromatic carbocycles. The predicted molar refractivity (Wildman–Crippen MR) is 128 cm³/mol. The average molecular weight is 619 g/mol. The fourth-order valence-electron chi connectivity index (χ4n) is 2.71. The van der Waals surface area contributed by atoms with Gasteiger partial charge in [0.15, 0.2) is 5.13 Å². The molecule has 1 saturated heterocycles. The lowest BCUT2D eigenvalue weighted by Gasteiger charge is -2.49. The van der Waals surface area contributed by atoms with E-state index in [1.54, 1.807) is 0 Å². The molecule has 2 amide bonds. The molecule has 6 N–H and O–H groups in total. The van der Waals surface area contributed by atoms with E-state index in [0.29, 0.717) is 5.57 Å². The third kappa shape index (κ3) is 7.26. The number of hydrogen-bond acceptors (Lipinski definition) is 12. The number of nitrogens with one attached hydrogen (secondary N) is 1. The number of nitrogen functional groups attached to an aromatic ring is 1. The summed E-state index contributed by atoms with van der Waals surface area (Å²) in [5.41, 5.74) is 3.49. The van der Waals surface area contributed by atoms with Crippen LogP contribution in [0.25, 0.3) is 0 Å². The van der Waals surface area contributed by atoms with Crippen LogP contribution in [0.5, 0.6) is 0 Å². The number of β-lactam (4-membered cyclic amide) rings is 1. The number of carboxylic acid groups (broad SMARTS) is 3. The quantitative estimate of drug-likeness (QED) is 0.114. The number of oxime groups is 1. The van der Waals surface area contributed by atoms with Crippen LogP contribution in [0.3, 0.4) is 0 Å². The second-order valence-electron chi connectivity index (χ2n) is 7.86. The highest BCUT2D eigenvalue weighted by molar-refractivity contribution is 8.00. The van der Waals surface area contributed by atoms with E-state index in [2.05, 4.69) is 19.8 Å². The third-order valence-electron chi connectivity index (χ3n) is 4.69. The zero-order valence-corrected chi connectivity index (χ0v) is 21.9. The van der Waals surface area contributed by atoms with Crippen molar-refractivity contribution >= 4 is 75.5 Å². The Labute approximate surface area is 229 Å². The first-order chi connectivity index (χ1) is 17.9. The summed E-state index contributed by atoms with van der Waals surface area (Å²) in [7, 11) is 0. The number of halogens is 4. The monoisotopic (exact) mass is 618 g/mol. The highest BCUT2D eigenvalue weighted by atomic mass is 35.5. The number of carbonyl (C=O) groups is 5. The minimum Gasteiger partial charge on any atom is -0.478 e. The Bertz CT molecular complexity index is 1250. The number of aliphatic carboxylic acids is 3. The van der Waals surface area contributed by atoms with Crippen LogP contribution >= 0.6 is 34.9 Å². The molecule has 2 aliphatic heterocycles. The summed E-state index contributed by atoms with van der Waals surface area (Å²) < 4.78 is 35.6. The van der Waals surface area contributed by atoms with Gasteiger partial charge in [-0.3, -0.25) is 14.5 Å². The molecule has 1 aromatic rings. The third-order valence-corrected chi connectivity index (χ3v) is 6.89. The lowest BCUT2D eigenvalue weighted by molar-refractivity contribution is -0.192. The Morgan fingerprint density at radius 3 is 2.26 bits per heavy atom. The smallest absolute Gasteiger partial charge is 0.478 e. The second kappa shape index (κ2) is 12.0. The number of nitrogens with two attached hydrogens (primary N) is 1. The van der Waals surface area contributed by atoms with Crippen LogP contribution in [-0.4, -0.2) is 99.8 Å². The zero-order chi connectivity index (χ0) is 29.9. The standard InChI is InChI=1S/C16H17ClN6O7S2.C2HF3O2/c1-16(2,14(28)29)30-21-6(9-20-15(18)32-22-9)10(24)19-7-11(25)23-8(13(26)27)5(3-17)4-31-12(7)23;3-2(4,5)1(6)7/h7,12H,3-4H2,1-2H3,(H,19,24)(H,26,27)(H,28,29)(H2,18,20,22);(H,6,7)/t7-,12+;/m1./s1. The van der Waals surface area contributed by atoms with Gasteiger partial charge in [-0.15, -0.1) is 23.4 Å². The fourth-order valence-corrected chi connectivity index (χ4v) is 4.82. The van der Waals surface area contributed by atoms with E-state index in [9.17, 15) is 42.6 Å². The van der Waals surface area contributed by atoms with Gasteiger partial charge in [0.25, 0.3) is 11.8 Å². The largest absolute Gasteiger partial charge is 0.490 e. The zero-order valence-electron chi connectivity index (χ0n) is 19.6. The van der Waals surface area contributed by atoms with Crippen molar-refractivity contribution in [3.8, 4) is 0 Å². The number of carbonyl (C=O) groups excluding carboxylic acids is 2. The van der Waals surface area contributed by atoms with Crippen molar-refractivity contribution in [1.82, 2.24) is 19.6 Å². The molecule has 0 radical (unpaired) electrons. The molecular formula is C18H18ClF3N6O9S2. The molecule has 1 aromatic heterocycles. The Hall–Kier alpha value is -3.65. The van der Waals surface area contributed by atoms with Crippen LogP contribution < -0.4 is 11.1 Å². The molecular weight excluding hydrogens is 601 g/mol. The highest BCUT2D eigenvalue weighted by Gasteiger charge is 2.54. The van der Waals surface area contributed by atoms with Crippen molar-refractivity contribution in [2.75, 3.05) is 17.4 Å². The maximum Gasteiger partial charge on any atom is 0.490 e. The summed E-state index contributed by atoms with van der Waals surface area (Å²) in [6.45, 7) is 2.44. The van der Waals surface area contributed by atoms with Crippen molar-refractivity contribution in [2.45, 2.75) is 37.0 Å². The summed E-state index contributed by atoms with van der Waals surface area (Å²) in [5, 5.41) is 31.2. The topological polar surface area (TPSA) is 235 Å². The van der Waals surface area contributed by atoms with Gasteiger partial charge in [0.1, 0.15) is 17.1 Å². The molecule has 15 nitrogen and oxygen atoms in total. The van der Waals surface area contributed by atoms with Gasteiger partial charge in [0.2, 0.25) is 17.1 Å². The molecule has 0 spiro atoms. The summed E-state index contributed by atoms with van der Waals surface area (Å²) in [4.78, 5) is 67.2. The number of nitrogens with zero attached hydrogens (tertiary/aromatic N) is 4. The molecule has 0 aliphatic carbocycles. The van der Waals surface area contributed by atoms with Gasteiger partial charge in [-0.05, 0) is 19.4 Å². The normalized spacial score (nSPS) is 19.3. The summed E-state index contributed by atoms with van der Waals surface area (Å²) in [6, 6.07) is -1.06. The second-order valence-corrected chi connectivity index (χ2v) is 10.0. The molecule has 3 heterocycles. The van der Waals surface area contributed by atoms with Gasteiger partial charge in [0.05, 0.1) is 0 Å². The SMILES string of the molecule is CC(C)(ON=C(C(=O)N[C@@H]1C(=O)N2C(C(=O)O)=C(CCl)CS[C@@H]12)c1nsc(N)n1)C(=O)O.O=C(O)C(F)(F)F. The van der Waals surface area contributed by atoms with E-state index in [-0.39, 0.29) is 28.3 Å². The molecule has 0 saturated carbocycles. The van der Waals surface area contributed by atoms with Crippen molar-refractivity contribution in [1.29, 1.82) is 0 Å². The first-order valence-electron chi connectivity index (χ1n) is 10.1. The van der Waals surface area contributed by atoms with Gasteiger partial charge >= 0.3 is 24.1 Å². The maximum atomic E-state index is 12.9. The number of rotatable bonds is 8. The fraction of sp³-hybridized carbons (Fsp3) is 0.444. The van der Waals surface area contributed by atoms with Gasteiger partial charge < -0.3 is 31.2 Å². The lowest BCUT2D eigenvalue weighted by atomic mass is 10.0. The van der Waals surface area contributed by atoms with Crippen LogP contribution in [0, 0.1) is 0 Å². The van der Waals surface area contributed by atoms with Crippen molar-refractivity contribution in [3.63, 3.8) is 0 Å². The van der Waals surface area contributed by atoms with E-state index in [1.807, 2.05) is 0 Å². The molecule has 2 aliphatic rings. The highest BCUT2D eigenvalue weighted by Crippen LogP contribution is 2.40. The minimum atomic E-state index is -5.08. The van der Waals surface area contributed by atoms with Gasteiger partial charge in [-0.1, -0.05) is 5.16 Å². The molecule has 0 unspecified atom stereocenters. The summed E-state index contributed by atoms with van der Waals surface area (Å²) in [5.74, 6) is -6.95. The number of alkyl halides is 4. The summed E-state index contributed by atoms with van der Waals surface area (Å²) in [6.07, 6.45) is -5.08. The first kappa shape index (κ1) is 31.6. The first-order valence-corrected chi connectivity index (χ1v) is 12.4. The molecule has 39 heavy (non-hydrogen) atoms. The lowest BCUT2D eigenvalue weighted by Crippen LogP contribution is -2.71. The van der Waals surface area contributed by atoms with Crippen LogP contribution in [-0.2, 0) is 28.8 Å². The van der Waals surface area contributed by atoms with E-state index < -0.39 is 58.6 Å². The number of aromatic nitrogens is 2. The maximum absolute atomic E-state index is 12.9. The Morgan fingerprint density at radius 1 is 1.23 bits per heavy atom. The van der Waals surface area contributed by atoms with Crippen LogP contribution in [0.2, 0.25) is 0 Å².